The highest BCUT2D eigenvalue weighted by Crippen LogP contribution is 2.09. The zero-order valence-electron chi connectivity index (χ0n) is 11.1. The van der Waals surface area contributed by atoms with E-state index in [0.717, 1.165) is 37.4 Å². The van der Waals surface area contributed by atoms with Crippen LogP contribution in [0.4, 0.5) is 0 Å². The van der Waals surface area contributed by atoms with Gasteiger partial charge < -0.3 is 14.3 Å². The van der Waals surface area contributed by atoms with Crippen molar-refractivity contribution in [2.24, 2.45) is 0 Å². The van der Waals surface area contributed by atoms with E-state index in [9.17, 15) is 0 Å². The first-order valence-electron chi connectivity index (χ1n) is 6.53. The molecule has 1 N–H and O–H groups in total. The second kappa shape index (κ2) is 6.40. The molecule has 4 heteroatoms. The molecule has 2 heterocycles. The van der Waals surface area contributed by atoms with Gasteiger partial charge in [0.1, 0.15) is 11.6 Å². The van der Waals surface area contributed by atoms with Gasteiger partial charge in [-0.15, -0.1) is 0 Å². The number of nitrogens with one attached hydrogen (secondary N) is 1. The second-order valence-electron chi connectivity index (χ2n) is 4.44. The Kier molecular flexibility index (Phi) is 4.59. The predicted molar refractivity (Wildman–Crippen MR) is 71.5 cm³/mol. The SMILES string of the molecule is CCn1ccnc1CC(CCc1ccco1)NC. The molecule has 0 aliphatic heterocycles. The van der Waals surface area contributed by atoms with Crippen molar-refractivity contribution in [2.45, 2.75) is 38.8 Å². The molecule has 98 valence electrons. The van der Waals surface area contributed by atoms with Crippen molar-refractivity contribution >= 4 is 0 Å². The summed E-state index contributed by atoms with van der Waals surface area (Å²) < 4.78 is 7.55. The van der Waals surface area contributed by atoms with Gasteiger partial charge in [-0.2, -0.15) is 0 Å². The van der Waals surface area contributed by atoms with Crippen molar-refractivity contribution in [1.29, 1.82) is 0 Å². The molecule has 0 radical (unpaired) electrons. The van der Waals surface area contributed by atoms with Gasteiger partial charge in [0.15, 0.2) is 0 Å². The highest BCUT2D eigenvalue weighted by atomic mass is 16.3. The standard InChI is InChI=1S/C14H21N3O/c1-3-17-9-8-16-14(17)11-12(15-2)6-7-13-5-4-10-18-13/h4-5,8-10,12,15H,3,6-7,11H2,1-2H3. The summed E-state index contributed by atoms with van der Waals surface area (Å²) in [6, 6.07) is 4.40. The van der Waals surface area contributed by atoms with Gasteiger partial charge in [0, 0.05) is 37.8 Å². The van der Waals surface area contributed by atoms with Gasteiger partial charge >= 0.3 is 0 Å². The van der Waals surface area contributed by atoms with Crippen LogP contribution in [0.1, 0.15) is 24.9 Å². The molecule has 0 amide bonds. The molecule has 2 rings (SSSR count). The van der Waals surface area contributed by atoms with Crippen molar-refractivity contribution in [1.82, 2.24) is 14.9 Å². The maximum absolute atomic E-state index is 5.36. The van der Waals surface area contributed by atoms with Gasteiger partial charge in [0.2, 0.25) is 0 Å². The average Bonchev–Trinajstić information content (AvgIpc) is 3.05. The first-order valence-corrected chi connectivity index (χ1v) is 6.53. The molecular formula is C14H21N3O. The number of hydrogen-bond donors (Lipinski definition) is 1. The van der Waals surface area contributed by atoms with Gasteiger partial charge in [-0.3, -0.25) is 0 Å². The van der Waals surface area contributed by atoms with E-state index in [4.69, 9.17) is 4.42 Å². The molecule has 0 aliphatic carbocycles. The quantitative estimate of drug-likeness (QED) is 0.816. The summed E-state index contributed by atoms with van der Waals surface area (Å²) in [5, 5.41) is 3.36. The Morgan fingerprint density at radius 2 is 2.39 bits per heavy atom. The number of likely N-dealkylation sites (N-methyl/N-ethyl adjacent to an activating group) is 1. The normalized spacial score (nSPS) is 12.8. The fourth-order valence-electron chi connectivity index (χ4n) is 2.16. The van der Waals surface area contributed by atoms with Crippen molar-refractivity contribution in [3.05, 3.63) is 42.4 Å². The lowest BCUT2D eigenvalue weighted by Gasteiger charge is -2.15. The van der Waals surface area contributed by atoms with Crippen molar-refractivity contribution in [3.63, 3.8) is 0 Å². The summed E-state index contributed by atoms with van der Waals surface area (Å²) >= 11 is 0. The summed E-state index contributed by atoms with van der Waals surface area (Å²) in [5.41, 5.74) is 0. The van der Waals surface area contributed by atoms with Gasteiger partial charge in [-0.25, -0.2) is 4.98 Å². The van der Waals surface area contributed by atoms with Crippen LogP contribution in [0.5, 0.6) is 0 Å². The minimum absolute atomic E-state index is 0.433. The molecule has 1 unspecified atom stereocenters. The van der Waals surface area contributed by atoms with Crippen LogP contribution < -0.4 is 5.32 Å². The number of furan rings is 1. The summed E-state index contributed by atoms with van der Waals surface area (Å²) in [5.74, 6) is 2.20. The number of aryl methyl sites for hydroxylation is 2. The molecule has 0 aliphatic rings. The number of imidazole rings is 1. The minimum atomic E-state index is 0.433. The van der Waals surface area contributed by atoms with Gasteiger partial charge in [0.25, 0.3) is 0 Å². The molecule has 0 bridgehead atoms. The Morgan fingerprint density at radius 3 is 3.06 bits per heavy atom. The largest absolute Gasteiger partial charge is 0.469 e. The number of aromatic nitrogens is 2. The van der Waals surface area contributed by atoms with Crippen LogP contribution in [-0.2, 0) is 19.4 Å². The van der Waals surface area contributed by atoms with E-state index in [0.29, 0.717) is 6.04 Å². The molecule has 0 aromatic carbocycles. The molecule has 1 atom stereocenters. The first-order chi connectivity index (χ1) is 8.83. The number of rotatable bonds is 7. The highest BCUT2D eigenvalue weighted by molar-refractivity contribution is 5.00. The number of nitrogens with zero attached hydrogens (tertiary/aromatic N) is 2. The fourth-order valence-corrected chi connectivity index (χ4v) is 2.16. The maximum atomic E-state index is 5.36. The lowest BCUT2D eigenvalue weighted by molar-refractivity contribution is 0.452. The summed E-state index contributed by atoms with van der Waals surface area (Å²) in [6.45, 7) is 3.12. The molecule has 2 aromatic heterocycles. The minimum Gasteiger partial charge on any atom is -0.469 e. The topological polar surface area (TPSA) is 43.0 Å². The van der Waals surface area contributed by atoms with Crippen LogP contribution in [0.3, 0.4) is 0 Å². The smallest absolute Gasteiger partial charge is 0.110 e. The zero-order chi connectivity index (χ0) is 12.8. The third-order valence-corrected chi connectivity index (χ3v) is 3.30. The van der Waals surface area contributed by atoms with E-state index in [1.807, 2.05) is 31.6 Å². The average molecular weight is 247 g/mol. The first kappa shape index (κ1) is 12.9. The molecule has 4 nitrogen and oxygen atoms in total. The van der Waals surface area contributed by atoms with Gasteiger partial charge in [-0.05, 0) is 32.5 Å². The van der Waals surface area contributed by atoms with Crippen LogP contribution in [0.25, 0.3) is 0 Å². The second-order valence-corrected chi connectivity index (χ2v) is 4.44. The molecule has 0 spiro atoms. The molecule has 2 aromatic rings. The number of hydrogen-bond acceptors (Lipinski definition) is 3. The zero-order valence-corrected chi connectivity index (χ0v) is 11.1. The Morgan fingerprint density at radius 1 is 1.50 bits per heavy atom. The predicted octanol–water partition coefficient (Wildman–Crippen LogP) is 2.26. The Labute approximate surface area is 108 Å². The van der Waals surface area contributed by atoms with E-state index in [1.165, 1.54) is 0 Å². The summed E-state index contributed by atoms with van der Waals surface area (Å²) in [6.07, 6.45) is 8.62. The van der Waals surface area contributed by atoms with Crippen molar-refractivity contribution in [3.8, 4) is 0 Å². The van der Waals surface area contributed by atoms with Crippen LogP contribution in [0, 0.1) is 0 Å². The Balaban J connectivity index is 1.89. The lowest BCUT2D eigenvalue weighted by Crippen LogP contribution is -2.29. The van der Waals surface area contributed by atoms with Crippen LogP contribution in [0.15, 0.2) is 35.2 Å². The molecule has 0 saturated heterocycles. The Hall–Kier alpha value is -1.55. The summed E-state index contributed by atoms with van der Waals surface area (Å²) in [7, 11) is 2.01. The molecular weight excluding hydrogens is 226 g/mol. The van der Waals surface area contributed by atoms with E-state index in [-0.39, 0.29) is 0 Å². The maximum Gasteiger partial charge on any atom is 0.110 e. The van der Waals surface area contributed by atoms with E-state index < -0.39 is 0 Å². The van der Waals surface area contributed by atoms with E-state index in [2.05, 4.69) is 21.8 Å². The van der Waals surface area contributed by atoms with E-state index in [1.54, 1.807) is 6.26 Å². The third kappa shape index (κ3) is 3.23. The van der Waals surface area contributed by atoms with Crippen LogP contribution in [0.2, 0.25) is 0 Å². The molecule has 18 heavy (non-hydrogen) atoms. The highest BCUT2D eigenvalue weighted by Gasteiger charge is 2.11. The van der Waals surface area contributed by atoms with Crippen LogP contribution in [-0.4, -0.2) is 22.6 Å². The third-order valence-electron chi connectivity index (χ3n) is 3.30. The molecule has 0 saturated carbocycles. The van der Waals surface area contributed by atoms with Crippen LogP contribution >= 0.6 is 0 Å². The lowest BCUT2D eigenvalue weighted by atomic mass is 10.1. The Bertz CT molecular complexity index is 447. The monoisotopic (exact) mass is 247 g/mol. The molecule has 0 fully saturated rings. The van der Waals surface area contributed by atoms with E-state index >= 15 is 0 Å². The van der Waals surface area contributed by atoms with Crippen molar-refractivity contribution < 1.29 is 4.42 Å². The van der Waals surface area contributed by atoms with Gasteiger partial charge in [-0.1, -0.05) is 0 Å². The summed E-state index contributed by atoms with van der Waals surface area (Å²) in [4.78, 5) is 4.42. The fraction of sp³-hybridized carbons (Fsp3) is 0.500. The van der Waals surface area contributed by atoms with Crippen molar-refractivity contribution in [2.75, 3.05) is 7.05 Å². The van der Waals surface area contributed by atoms with Gasteiger partial charge in [0.05, 0.1) is 6.26 Å².